The van der Waals surface area contributed by atoms with Gasteiger partial charge in [-0.25, -0.2) is 4.79 Å². The van der Waals surface area contributed by atoms with Crippen LogP contribution in [0.15, 0.2) is 35.9 Å². The van der Waals surface area contributed by atoms with Crippen LogP contribution in [0.4, 0.5) is 5.69 Å². The molecule has 6 heteroatoms. The van der Waals surface area contributed by atoms with Crippen LogP contribution in [0.1, 0.15) is 55.8 Å². The van der Waals surface area contributed by atoms with Gasteiger partial charge in [0, 0.05) is 19.5 Å². The number of nitrogens with one attached hydrogen (secondary N) is 1. The summed E-state index contributed by atoms with van der Waals surface area (Å²) in [7, 11) is 0. The molecule has 1 atom stereocenters. The molecule has 6 nitrogen and oxygen atoms in total. The SMILES string of the molecule is CCOC(=O)c1ccccc1N1CC(C(=O)NCCC2=CCCCC2)CC1=O. The number of rotatable bonds is 7. The van der Waals surface area contributed by atoms with Gasteiger partial charge in [-0.05, 0) is 51.2 Å². The number of benzene rings is 1. The van der Waals surface area contributed by atoms with Gasteiger partial charge in [0.2, 0.25) is 11.8 Å². The van der Waals surface area contributed by atoms with E-state index in [1.165, 1.54) is 23.3 Å². The Labute approximate surface area is 165 Å². The van der Waals surface area contributed by atoms with Crippen LogP contribution in [0.3, 0.4) is 0 Å². The van der Waals surface area contributed by atoms with Crippen LogP contribution >= 0.6 is 0 Å². The molecule has 1 heterocycles. The molecule has 1 aromatic carbocycles. The van der Waals surface area contributed by atoms with Crippen LogP contribution in [-0.2, 0) is 14.3 Å². The molecule has 28 heavy (non-hydrogen) atoms. The Bertz CT molecular complexity index is 772. The minimum absolute atomic E-state index is 0.0964. The summed E-state index contributed by atoms with van der Waals surface area (Å²) < 4.78 is 5.09. The summed E-state index contributed by atoms with van der Waals surface area (Å²) in [6.45, 7) is 2.90. The zero-order valence-electron chi connectivity index (χ0n) is 16.4. The van der Waals surface area contributed by atoms with Gasteiger partial charge in [0.05, 0.1) is 23.8 Å². The topological polar surface area (TPSA) is 75.7 Å². The van der Waals surface area contributed by atoms with Crippen molar-refractivity contribution >= 4 is 23.5 Å². The molecule has 0 bridgehead atoms. The standard InChI is InChI=1S/C22H28N2O4/c1-2-28-22(27)18-10-6-7-11-19(18)24-15-17(14-20(24)25)21(26)23-13-12-16-8-4-3-5-9-16/h6-8,10-11,17H,2-5,9,12-15H2,1H3,(H,23,26). The third-order valence-corrected chi connectivity index (χ3v) is 5.32. The van der Waals surface area contributed by atoms with E-state index in [1.807, 2.05) is 0 Å². The van der Waals surface area contributed by atoms with E-state index in [2.05, 4.69) is 11.4 Å². The first-order valence-corrected chi connectivity index (χ1v) is 10.1. The average Bonchev–Trinajstić information content (AvgIpc) is 3.10. The molecule has 150 valence electrons. The highest BCUT2D eigenvalue weighted by atomic mass is 16.5. The van der Waals surface area contributed by atoms with Crippen LogP contribution < -0.4 is 10.2 Å². The first-order chi connectivity index (χ1) is 13.6. The molecule has 0 spiro atoms. The van der Waals surface area contributed by atoms with E-state index in [9.17, 15) is 14.4 Å². The van der Waals surface area contributed by atoms with Gasteiger partial charge in [-0.2, -0.15) is 0 Å². The molecule has 0 radical (unpaired) electrons. The van der Waals surface area contributed by atoms with Crippen LogP contribution in [0.25, 0.3) is 0 Å². The van der Waals surface area contributed by atoms with Crippen LogP contribution in [0.5, 0.6) is 0 Å². The van der Waals surface area contributed by atoms with Crippen molar-refractivity contribution in [2.24, 2.45) is 5.92 Å². The van der Waals surface area contributed by atoms with E-state index in [1.54, 1.807) is 31.2 Å². The molecule has 1 fully saturated rings. The highest BCUT2D eigenvalue weighted by Crippen LogP contribution is 2.29. The summed E-state index contributed by atoms with van der Waals surface area (Å²) in [6.07, 6.45) is 8.05. The molecular formula is C22H28N2O4. The molecule has 1 aliphatic carbocycles. The Hall–Kier alpha value is -2.63. The summed E-state index contributed by atoms with van der Waals surface area (Å²) >= 11 is 0. The Morgan fingerprint density at radius 2 is 2.07 bits per heavy atom. The van der Waals surface area contributed by atoms with Crippen molar-refractivity contribution in [3.05, 3.63) is 41.5 Å². The van der Waals surface area contributed by atoms with Gasteiger partial charge >= 0.3 is 5.97 Å². The highest BCUT2D eigenvalue weighted by molar-refractivity contribution is 6.05. The summed E-state index contributed by atoms with van der Waals surface area (Å²) in [5.74, 6) is -1.10. The van der Waals surface area contributed by atoms with Gasteiger partial charge in [0.1, 0.15) is 0 Å². The van der Waals surface area contributed by atoms with Crippen LogP contribution in [0.2, 0.25) is 0 Å². The normalized spacial score (nSPS) is 19.3. The van der Waals surface area contributed by atoms with Gasteiger partial charge < -0.3 is 15.0 Å². The lowest BCUT2D eigenvalue weighted by Crippen LogP contribution is -2.34. The zero-order chi connectivity index (χ0) is 19.9. The molecule has 1 aromatic rings. The molecule has 2 aliphatic rings. The molecule has 2 amide bonds. The smallest absolute Gasteiger partial charge is 0.340 e. The summed E-state index contributed by atoms with van der Waals surface area (Å²) in [4.78, 5) is 38.8. The highest BCUT2D eigenvalue weighted by Gasteiger charge is 2.36. The van der Waals surface area contributed by atoms with E-state index in [4.69, 9.17) is 4.74 Å². The molecule has 1 unspecified atom stereocenters. The van der Waals surface area contributed by atoms with Crippen molar-refractivity contribution in [3.63, 3.8) is 0 Å². The number of amides is 2. The fraction of sp³-hybridized carbons (Fsp3) is 0.500. The van der Waals surface area contributed by atoms with Gasteiger partial charge in [-0.3, -0.25) is 9.59 Å². The first-order valence-electron chi connectivity index (χ1n) is 10.1. The van der Waals surface area contributed by atoms with Crippen molar-refractivity contribution in [1.82, 2.24) is 5.32 Å². The van der Waals surface area contributed by atoms with Crippen molar-refractivity contribution in [3.8, 4) is 0 Å². The molecule has 0 aromatic heterocycles. The van der Waals surface area contributed by atoms with Crippen molar-refractivity contribution < 1.29 is 19.1 Å². The fourth-order valence-corrected chi connectivity index (χ4v) is 3.83. The number of carbonyl (C=O) groups is 3. The fourth-order valence-electron chi connectivity index (χ4n) is 3.83. The lowest BCUT2D eigenvalue weighted by atomic mass is 9.97. The number of nitrogens with zero attached hydrogens (tertiary/aromatic N) is 1. The lowest BCUT2D eigenvalue weighted by molar-refractivity contribution is -0.126. The second-order valence-corrected chi connectivity index (χ2v) is 7.29. The second-order valence-electron chi connectivity index (χ2n) is 7.29. The lowest BCUT2D eigenvalue weighted by Gasteiger charge is -2.19. The maximum Gasteiger partial charge on any atom is 0.340 e. The number of carbonyl (C=O) groups excluding carboxylic acids is 3. The number of para-hydroxylation sites is 1. The molecular weight excluding hydrogens is 356 g/mol. The maximum absolute atomic E-state index is 12.5. The van der Waals surface area contributed by atoms with E-state index in [-0.39, 0.29) is 31.4 Å². The maximum atomic E-state index is 12.5. The minimum Gasteiger partial charge on any atom is -0.462 e. The van der Waals surface area contributed by atoms with Gasteiger partial charge in [-0.15, -0.1) is 0 Å². The summed E-state index contributed by atoms with van der Waals surface area (Å²) in [5.41, 5.74) is 2.27. The number of ether oxygens (including phenoxy) is 1. The molecule has 1 aliphatic heterocycles. The van der Waals surface area contributed by atoms with E-state index < -0.39 is 11.9 Å². The number of esters is 1. The van der Waals surface area contributed by atoms with Crippen molar-refractivity contribution in [2.75, 3.05) is 24.6 Å². The number of hydrogen-bond donors (Lipinski definition) is 1. The van der Waals surface area contributed by atoms with E-state index in [0.717, 1.165) is 19.3 Å². The Morgan fingerprint density at radius 1 is 1.25 bits per heavy atom. The molecule has 0 saturated carbocycles. The summed E-state index contributed by atoms with van der Waals surface area (Å²) in [5, 5.41) is 2.97. The third-order valence-electron chi connectivity index (χ3n) is 5.32. The predicted octanol–water partition coefficient (Wildman–Crippen LogP) is 3.22. The molecule has 1 N–H and O–H groups in total. The van der Waals surface area contributed by atoms with Crippen molar-refractivity contribution in [1.29, 1.82) is 0 Å². The molecule has 1 saturated heterocycles. The largest absolute Gasteiger partial charge is 0.462 e. The van der Waals surface area contributed by atoms with Gasteiger partial charge in [-0.1, -0.05) is 23.8 Å². The minimum atomic E-state index is -0.459. The first kappa shape index (κ1) is 20.1. The molecule has 3 rings (SSSR count). The Morgan fingerprint density at radius 3 is 2.82 bits per heavy atom. The van der Waals surface area contributed by atoms with Crippen LogP contribution in [0, 0.1) is 5.92 Å². The number of allylic oxidation sites excluding steroid dienone is 1. The summed E-state index contributed by atoms with van der Waals surface area (Å²) in [6, 6.07) is 6.88. The van der Waals surface area contributed by atoms with E-state index >= 15 is 0 Å². The second kappa shape index (κ2) is 9.53. The predicted molar refractivity (Wildman–Crippen MR) is 107 cm³/mol. The van der Waals surface area contributed by atoms with Crippen LogP contribution in [-0.4, -0.2) is 37.5 Å². The quantitative estimate of drug-likeness (QED) is 0.578. The van der Waals surface area contributed by atoms with Gasteiger partial charge in [0.15, 0.2) is 0 Å². The number of anilines is 1. The Kier molecular flexibility index (Phi) is 6.85. The third kappa shape index (κ3) is 4.80. The zero-order valence-corrected chi connectivity index (χ0v) is 16.4. The average molecular weight is 384 g/mol. The van der Waals surface area contributed by atoms with Gasteiger partial charge in [0.25, 0.3) is 0 Å². The number of hydrogen-bond acceptors (Lipinski definition) is 4. The van der Waals surface area contributed by atoms with E-state index in [0.29, 0.717) is 17.8 Å². The Balaban J connectivity index is 1.60. The monoisotopic (exact) mass is 384 g/mol. The van der Waals surface area contributed by atoms with Crippen molar-refractivity contribution in [2.45, 2.75) is 45.4 Å².